The van der Waals surface area contributed by atoms with Gasteiger partial charge in [0.25, 0.3) is 0 Å². The van der Waals surface area contributed by atoms with Crippen LogP contribution in [0.25, 0.3) is 0 Å². The number of aliphatic hydroxyl groups excluding tert-OH is 1. The van der Waals surface area contributed by atoms with Crippen LogP contribution in [0.3, 0.4) is 0 Å². The molecule has 0 saturated heterocycles. The number of halogens is 1. The van der Waals surface area contributed by atoms with E-state index in [4.69, 9.17) is 4.74 Å². The maximum atomic E-state index is 12.3. The van der Waals surface area contributed by atoms with E-state index >= 15 is 0 Å². The van der Waals surface area contributed by atoms with Crippen LogP contribution in [0, 0.1) is 0 Å². The number of aromatic nitrogens is 3. The molecule has 1 aromatic heterocycles. The molecular formula is C19H27FN4O2. The van der Waals surface area contributed by atoms with E-state index in [2.05, 4.69) is 15.2 Å². The predicted octanol–water partition coefficient (Wildman–Crippen LogP) is 2.17. The third-order valence-electron chi connectivity index (χ3n) is 4.89. The molecule has 1 aliphatic rings. The number of methoxy groups -OCH3 is 1. The monoisotopic (exact) mass is 362 g/mol. The van der Waals surface area contributed by atoms with Gasteiger partial charge in [-0.05, 0) is 55.5 Å². The molecule has 2 heterocycles. The Morgan fingerprint density at radius 1 is 1.31 bits per heavy atom. The van der Waals surface area contributed by atoms with E-state index < -0.39 is 12.8 Å². The van der Waals surface area contributed by atoms with E-state index in [0.29, 0.717) is 6.54 Å². The smallest absolute Gasteiger partial charge is 0.119 e. The summed E-state index contributed by atoms with van der Waals surface area (Å²) in [7, 11) is 1.66. The first-order valence-electron chi connectivity index (χ1n) is 9.22. The van der Waals surface area contributed by atoms with Gasteiger partial charge in [-0.15, -0.1) is 5.10 Å². The van der Waals surface area contributed by atoms with Crippen LogP contribution in [0.15, 0.2) is 24.4 Å². The average Bonchev–Trinajstić information content (AvgIpc) is 3.03. The van der Waals surface area contributed by atoms with Crippen LogP contribution in [0.4, 0.5) is 4.39 Å². The van der Waals surface area contributed by atoms with Gasteiger partial charge < -0.3 is 14.7 Å². The van der Waals surface area contributed by atoms with E-state index in [9.17, 15) is 9.50 Å². The topological polar surface area (TPSA) is 63.4 Å². The lowest BCUT2D eigenvalue weighted by atomic mass is 10.0. The fraction of sp³-hybridized carbons (Fsp3) is 0.579. The quantitative estimate of drug-likeness (QED) is 0.729. The van der Waals surface area contributed by atoms with Gasteiger partial charge in [-0.3, -0.25) is 0 Å². The lowest BCUT2D eigenvalue weighted by Crippen LogP contribution is -2.29. The van der Waals surface area contributed by atoms with Gasteiger partial charge in [0.15, 0.2) is 0 Å². The van der Waals surface area contributed by atoms with E-state index in [-0.39, 0.29) is 6.54 Å². The van der Waals surface area contributed by atoms with Crippen LogP contribution in [-0.2, 0) is 19.4 Å². The third kappa shape index (κ3) is 4.80. The van der Waals surface area contributed by atoms with Crippen LogP contribution in [0.2, 0.25) is 0 Å². The molecule has 1 aromatic carbocycles. The molecule has 2 aromatic rings. The molecule has 0 saturated carbocycles. The zero-order valence-electron chi connectivity index (χ0n) is 15.3. The van der Waals surface area contributed by atoms with Gasteiger partial charge in [0.2, 0.25) is 0 Å². The first-order valence-corrected chi connectivity index (χ1v) is 9.22. The third-order valence-corrected chi connectivity index (χ3v) is 4.89. The average molecular weight is 362 g/mol. The van der Waals surface area contributed by atoms with Crippen molar-refractivity contribution >= 4 is 0 Å². The van der Waals surface area contributed by atoms with Gasteiger partial charge in [0, 0.05) is 19.3 Å². The molecule has 0 radical (unpaired) electrons. The summed E-state index contributed by atoms with van der Waals surface area (Å²) in [6.07, 6.45) is 5.16. The maximum absolute atomic E-state index is 12.3. The Labute approximate surface area is 153 Å². The predicted molar refractivity (Wildman–Crippen MR) is 97.0 cm³/mol. The van der Waals surface area contributed by atoms with E-state index in [1.54, 1.807) is 11.8 Å². The number of fused-ring (bicyclic) bond motifs is 1. The van der Waals surface area contributed by atoms with Crippen molar-refractivity contribution in [2.75, 3.05) is 33.4 Å². The summed E-state index contributed by atoms with van der Waals surface area (Å²) in [6.45, 7) is 2.38. The Balaban J connectivity index is 1.46. The molecule has 1 aliphatic heterocycles. The molecule has 1 N–H and O–H groups in total. The zero-order valence-corrected chi connectivity index (χ0v) is 15.3. The Morgan fingerprint density at radius 3 is 3.00 bits per heavy atom. The fourth-order valence-corrected chi connectivity index (χ4v) is 3.46. The highest BCUT2D eigenvalue weighted by Gasteiger charge is 2.21. The molecule has 1 atom stereocenters. The molecule has 0 fully saturated rings. The minimum Gasteiger partial charge on any atom is -0.497 e. The molecule has 142 valence electrons. The largest absolute Gasteiger partial charge is 0.497 e. The molecular weight excluding hydrogens is 335 g/mol. The highest BCUT2D eigenvalue weighted by Crippen LogP contribution is 2.27. The number of nitrogens with zero attached hydrogens (tertiary/aromatic N) is 4. The van der Waals surface area contributed by atoms with Crippen molar-refractivity contribution in [2.45, 2.75) is 38.3 Å². The molecule has 1 unspecified atom stereocenters. The van der Waals surface area contributed by atoms with Crippen molar-refractivity contribution in [1.29, 1.82) is 0 Å². The van der Waals surface area contributed by atoms with Gasteiger partial charge in [-0.25, -0.2) is 9.07 Å². The SMILES string of the molecule is COc1ccc2c(c1)CCN(CCCCc1cn(CCF)nn1)CC2O. The summed E-state index contributed by atoms with van der Waals surface area (Å²) in [6, 6.07) is 5.92. The number of hydrogen-bond donors (Lipinski definition) is 1. The number of benzene rings is 1. The Kier molecular flexibility index (Phi) is 6.57. The minimum absolute atomic E-state index is 0.268. The van der Waals surface area contributed by atoms with E-state index in [1.807, 2.05) is 24.4 Å². The lowest BCUT2D eigenvalue weighted by molar-refractivity contribution is 0.119. The Bertz CT molecular complexity index is 707. The van der Waals surface area contributed by atoms with Crippen LogP contribution < -0.4 is 4.74 Å². The van der Waals surface area contributed by atoms with Gasteiger partial charge in [0.1, 0.15) is 12.4 Å². The number of unbranched alkanes of at least 4 members (excludes halogenated alkanes) is 1. The summed E-state index contributed by atoms with van der Waals surface area (Å²) in [4.78, 5) is 2.32. The number of rotatable bonds is 8. The van der Waals surface area contributed by atoms with Gasteiger partial charge in [-0.1, -0.05) is 11.3 Å². The first-order chi connectivity index (χ1) is 12.7. The van der Waals surface area contributed by atoms with Gasteiger partial charge in [0.05, 0.1) is 25.5 Å². The van der Waals surface area contributed by atoms with Crippen LogP contribution in [0.5, 0.6) is 5.75 Å². The van der Waals surface area contributed by atoms with Crippen LogP contribution >= 0.6 is 0 Å². The second kappa shape index (κ2) is 9.09. The molecule has 0 aliphatic carbocycles. The summed E-state index contributed by atoms with van der Waals surface area (Å²) in [5.41, 5.74) is 3.09. The molecule has 7 heteroatoms. The highest BCUT2D eigenvalue weighted by molar-refractivity contribution is 5.38. The van der Waals surface area contributed by atoms with Crippen molar-refractivity contribution in [2.24, 2.45) is 0 Å². The number of aryl methyl sites for hydroxylation is 2. The number of hydrogen-bond acceptors (Lipinski definition) is 5. The summed E-state index contributed by atoms with van der Waals surface area (Å²) in [5.74, 6) is 0.838. The van der Waals surface area contributed by atoms with E-state index in [1.165, 1.54) is 5.56 Å². The van der Waals surface area contributed by atoms with Crippen LogP contribution in [0.1, 0.15) is 35.8 Å². The summed E-state index contributed by atoms with van der Waals surface area (Å²) in [5, 5.41) is 18.5. The zero-order chi connectivity index (χ0) is 18.4. The normalized spacial score (nSPS) is 17.7. The standard InChI is InChI=1S/C19H27FN4O2/c1-26-17-5-6-18-15(12-17)7-10-23(14-19(18)25)9-3-2-4-16-13-24(11-8-20)22-21-16/h5-6,12-13,19,25H,2-4,7-11,14H2,1H3. The second-order valence-electron chi connectivity index (χ2n) is 6.75. The van der Waals surface area contributed by atoms with Gasteiger partial charge in [-0.2, -0.15) is 0 Å². The number of aliphatic hydroxyl groups is 1. The summed E-state index contributed by atoms with van der Waals surface area (Å²) < 4.78 is 19.1. The molecule has 26 heavy (non-hydrogen) atoms. The number of β-amino-alcohol motifs (C(OH)–C–C–N with tert-alkyl or cyclic N) is 1. The molecule has 3 rings (SSSR count). The van der Waals surface area contributed by atoms with Crippen molar-refractivity contribution in [3.63, 3.8) is 0 Å². The number of ether oxygens (including phenoxy) is 1. The van der Waals surface area contributed by atoms with Gasteiger partial charge >= 0.3 is 0 Å². The van der Waals surface area contributed by atoms with Crippen molar-refractivity contribution in [3.8, 4) is 5.75 Å². The van der Waals surface area contributed by atoms with Crippen molar-refractivity contribution in [3.05, 3.63) is 41.2 Å². The maximum Gasteiger partial charge on any atom is 0.119 e. The number of alkyl halides is 1. The second-order valence-corrected chi connectivity index (χ2v) is 6.75. The van der Waals surface area contributed by atoms with Crippen molar-refractivity contribution < 1.29 is 14.2 Å². The molecule has 0 amide bonds. The molecule has 0 spiro atoms. The first kappa shape index (κ1) is 18.8. The lowest BCUT2D eigenvalue weighted by Gasteiger charge is -2.21. The molecule has 6 nitrogen and oxygen atoms in total. The minimum atomic E-state index is -0.459. The summed E-state index contributed by atoms with van der Waals surface area (Å²) >= 11 is 0. The van der Waals surface area contributed by atoms with Crippen LogP contribution in [-0.4, -0.2) is 58.4 Å². The highest BCUT2D eigenvalue weighted by atomic mass is 19.1. The Hall–Kier alpha value is -1.99. The Morgan fingerprint density at radius 2 is 2.19 bits per heavy atom. The van der Waals surface area contributed by atoms with E-state index in [0.717, 1.165) is 55.8 Å². The fourth-order valence-electron chi connectivity index (χ4n) is 3.46. The van der Waals surface area contributed by atoms with Crippen molar-refractivity contribution in [1.82, 2.24) is 19.9 Å². The molecule has 0 bridgehead atoms.